The van der Waals surface area contributed by atoms with E-state index in [1.165, 1.54) is 0 Å². The largest absolute Gasteiger partial charge is 0.103 e. The van der Waals surface area contributed by atoms with Crippen molar-refractivity contribution in [3.8, 4) is 0 Å². The lowest BCUT2D eigenvalue weighted by atomic mass is 10.2. The predicted molar refractivity (Wildman–Crippen MR) is 68.1 cm³/mol. The Labute approximate surface area is 86.1 Å². The smallest absolute Gasteiger partial charge is 0.00872 e. The molecule has 80 valence electrons. The molecule has 0 unspecified atom stereocenters. The second-order valence-electron chi connectivity index (χ2n) is 1.74. The van der Waals surface area contributed by atoms with Gasteiger partial charge in [0.25, 0.3) is 0 Å². The minimum absolute atomic E-state index is 0.463. The molecular formula is C13H28. The van der Waals surface area contributed by atoms with Crippen LogP contribution in [0.2, 0.25) is 0 Å². The fraction of sp³-hybridized carbons (Fsp3) is 0.538. The van der Waals surface area contributed by atoms with Crippen molar-refractivity contribution in [2.75, 3.05) is 0 Å². The molecular weight excluding hydrogens is 156 g/mol. The van der Waals surface area contributed by atoms with E-state index in [0.29, 0.717) is 5.92 Å². The summed E-state index contributed by atoms with van der Waals surface area (Å²) in [6.07, 6.45) is 5.46. The van der Waals surface area contributed by atoms with Crippen molar-refractivity contribution in [2.24, 2.45) is 5.92 Å². The molecule has 0 atom stereocenters. The van der Waals surface area contributed by atoms with Crippen LogP contribution in [0.15, 0.2) is 38.0 Å². The van der Waals surface area contributed by atoms with Crippen LogP contribution < -0.4 is 0 Å². The monoisotopic (exact) mass is 184 g/mol. The normalized spacial score (nSPS) is 5.77. The van der Waals surface area contributed by atoms with E-state index in [0.717, 1.165) is 0 Å². The van der Waals surface area contributed by atoms with Crippen LogP contribution in [0.5, 0.6) is 0 Å². The van der Waals surface area contributed by atoms with Crippen molar-refractivity contribution in [1.82, 2.24) is 0 Å². The van der Waals surface area contributed by atoms with Crippen molar-refractivity contribution in [3.63, 3.8) is 0 Å². The average molecular weight is 184 g/mol. The van der Waals surface area contributed by atoms with Gasteiger partial charge in [-0.1, -0.05) is 52.8 Å². The van der Waals surface area contributed by atoms with E-state index < -0.39 is 0 Å². The molecule has 0 amide bonds. The minimum atomic E-state index is 0.463. The third kappa shape index (κ3) is 92.0. The fourth-order valence-corrected chi connectivity index (χ4v) is 0.0962. The van der Waals surface area contributed by atoms with E-state index in [9.17, 15) is 0 Å². The van der Waals surface area contributed by atoms with Gasteiger partial charge in [0.05, 0.1) is 0 Å². The highest BCUT2D eigenvalue weighted by molar-refractivity contribution is 4.87. The zero-order chi connectivity index (χ0) is 11.7. The molecule has 0 aliphatic rings. The Bertz CT molecular complexity index is 72.0. The zero-order valence-corrected chi connectivity index (χ0v) is 10.4. The third-order valence-corrected chi connectivity index (χ3v) is 0.744. The molecule has 0 rings (SSSR count). The molecule has 0 heteroatoms. The summed E-state index contributed by atoms with van der Waals surface area (Å²) < 4.78 is 0. The van der Waals surface area contributed by atoms with Gasteiger partial charge in [0, 0.05) is 0 Å². The SMILES string of the molecule is C=CC.C=CC(C)C=C.CC.CC. The highest BCUT2D eigenvalue weighted by Crippen LogP contribution is 1.92. The summed E-state index contributed by atoms with van der Waals surface area (Å²) >= 11 is 0. The molecule has 0 aromatic heterocycles. The van der Waals surface area contributed by atoms with Gasteiger partial charge in [-0.15, -0.1) is 19.7 Å². The lowest BCUT2D eigenvalue weighted by molar-refractivity contribution is 0.948. The third-order valence-electron chi connectivity index (χ3n) is 0.744. The Morgan fingerprint density at radius 2 is 1.00 bits per heavy atom. The van der Waals surface area contributed by atoms with Crippen molar-refractivity contribution >= 4 is 0 Å². The van der Waals surface area contributed by atoms with Gasteiger partial charge in [-0.2, -0.15) is 0 Å². The molecule has 0 heterocycles. The summed E-state index contributed by atoms with van der Waals surface area (Å²) in [4.78, 5) is 0. The predicted octanol–water partition coefficient (Wildman–Crippen LogP) is 5.24. The lowest BCUT2D eigenvalue weighted by Crippen LogP contribution is -1.75. The summed E-state index contributed by atoms with van der Waals surface area (Å²) in [7, 11) is 0. The molecule has 0 aliphatic carbocycles. The van der Waals surface area contributed by atoms with Gasteiger partial charge in [0.1, 0.15) is 0 Å². The van der Waals surface area contributed by atoms with Crippen LogP contribution in [0.3, 0.4) is 0 Å². The molecule has 0 aromatic rings. The van der Waals surface area contributed by atoms with Crippen LogP contribution >= 0.6 is 0 Å². The molecule has 0 nitrogen and oxygen atoms in total. The minimum Gasteiger partial charge on any atom is -0.103 e. The Balaban J connectivity index is -0.0000000493. The van der Waals surface area contributed by atoms with Crippen LogP contribution in [0, 0.1) is 5.92 Å². The highest BCUT2D eigenvalue weighted by Gasteiger charge is 1.78. The maximum Gasteiger partial charge on any atom is -0.00872 e. The highest BCUT2D eigenvalue weighted by atomic mass is 13.8. The molecule has 0 saturated heterocycles. The standard InChI is InChI=1S/C6H10.C3H6.2C2H6/c1-4-6(3)5-2;1-3-2;2*1-2/h4-6H,1-2H2,3H3;3H,1H2,2H3;2*1-2H3. The molecule has 0 spiro atoms. The molecule has 0 fully saturated rings. The molecule has 0 saturated carbocycles. The number of allylic oxidation sites excluding steroid dienone is 3. The fourth-order valence-electron chi connectivity index (χ4n) is 0.0962. The van der Waals surface area contributed by atoms with Gasteiger partial charge in [0.2, 0.25) is 0 Å². The summed E-state index contributed by atoms with van der Waals surface area (Å²) in [5.74, 6) is 0.463. The second kappa shape index (κ2) is 43.0. The zero-order valence-electron chi connectivity index (χ0n) is 10.4. The van der Waals surface area contributed by atoms with E-state index in [2.05, 4.69) is 19.7 Å². The second-order valence-corrected chi connectivity index (χ2v) is 1.74. The molecule has 0 aromatic carbocycles. The van der Waals surface area contributed by atoms with Crippen molar-refractivity contribution in [2.45, 2.75) is 41.5 Å². The lowest BCUT2D eigenvalue weighted by Gasteiger charge is -1.88. The van der Waals surface area contributed by atoms with Crippen LogP contribution in [-0.4, -0.2) is 0 Å². The number of hydrogen-bond acceptors (Lipinski definition) is 0. The van der Waals surface area contributed by atoms with Crippen molar-refractivity contribution < 1.29 is 0 Å². The Morgan fingerprint density at radius 1 is 0.846 bits per heavy atom. The summed E-state index contributed by atoms with van der Waals surface area (Å²) in [5.41, 5.74) is 0. The topological polar surface area (TPSA) is 0 Å². The Hall–Kier alpha value is -0.780. The van der Waals surface area contributed by atoms with Gasteiger partial charge >= 0.3 is 0 Å². The first-order valence-corrected chi connectivity index (χ1v) is 5.05. The molecule has 0 radical (unpaired) electrons. The summed E-state index contributed by atoms with van der Waals surface area (Å²) in [6.45, 7) is 22.4. The van der Waals surface area contributed by atoms with Crippen LogP contribution in [0.1, 0.15) is 41.5 Å². The van der Waals surface area contributed by atoms with Gasteiger partial charge in [0.15, 0.2) is 0 Å². The molecule has 0 N–H and O–H groups in total. The van der Waals surface area contributed by atoms with Gasteiger partial charge in [-0.3, -0.25) is 0 Å². The van der Waals surface area contributed by atoms with Gasteiger partial charge < -0.3 is 0 Å². The maximum absolute atomic E-state index is 3.56. The van der Waals surface area contributed by atoms with Crippen molar-refractivity contribution in [1.29, 1.82) is 0 Å². The molecule has 0 bridgehead atoms. The summed E-state index contributed by atoms with van der Waals surface area (Å²) in [5, 5.41) is 0. The van der Waals surface area contributed by atoms with Gasteiger partial charge in [-0.05, 0) is 12.8 Å². The van der Waals surface area contributed by atoms with E-state index in [1.807, 2.05) is 53.7 Å². The quantitative estimate of drug-likeness (QED) is 0.515. The first-order chi connectivity index (χ1) is 6.22. The summed E-state index contributed by atoms with van der Waals surface area (Å²) in [6, 6.07) is 0. The van der Waals surface area contributed by atoms with E-state index in [-0.39, 0.29) is 0 Å². The Morgan fingerprint density at radius 3 is 1.00 bits per heavy atom. The van der Waals surface area contributed by atoms with E-state index in [1.54, 1.807) is 6.08 Å². The van der Waals surface area contributed by atoms with Crippen LogP contribution in [0.4, 0.5) is 0 Å². The number of hydrogen-bond donors (Lipinski definition) is 0. The first kappa shape index (κ1) is 22.8. The van der Waals surface area contributed by atoms with E-state index >= 15 is 0 Å². The first-order valence-electron chi connectivity index (χ1n) is 5.05. The van der Waals surface area contributed by atoms with E-state index in [4.69, 9.17) is 0 Å². The average Bonchev–Trinajstić information content (AvgIpc) is 2.24. The van der Waals surface area contributed by atoms with Crippen LogP contribution in [-0.2, 0) is 0 Å². The molecule has 13 heavy (non-hydrogen) atoms. The van der Waals surface area contributed by atoms with Crippen LogP contribution in [0.25, 0.3) is 0 Å². The maximum atomic E-state index is 3.56. The Kier molecular flexibility index (Phi) is 75.3. The van der Waals surface area contributed by atoms with Gasteiger partial charge in [-0.25, -0.2) is 0 Å². The van der Waals surface area contributed by atoms with Crippen molar-refractivity contribution in [3.05, 3.63) is 38.0 Å². The number of rotatable bonds is 2. The molecule has 0 aliphatic heterocycles.